The number of aliphatic hydroxyl groups excluding tert-OH is 1. The average Bonchev–Trinajstić information content (AvgIpc) is 3.36. The first-order valence-electron chi connectivity index (χ1n) is 9.91. The Morgan fingerprint density at radius 2 is 2.10 bits per heavy atom. The van der Waals surface area contributed by atoms with Gasteiger partial charge in [-0.1, -0.05) is 0 Å². The first-order chi connectivity index (χ1) is 14.3. The molecule has 3 heterocycles. The second-order valence-corrected chi connectivity index (χ2v) is 8.27. The predicted molar refractivity (Wildman–Crippen MR) is 110 cm³/mol. The Morgan fingerprint density at radius 3 is 2.87 bits per heavy atom. The minimum atomic E-state index is -0.770. The lowest BCUT2D eigenvalue weighted by atomic mass is 10.0. The summed E-state index contributed by atoms with van der Waals surface area (Å²) in [5.74, 6) is -1.25. The number of nitrogens with zero attached hydrogens (tertiary/aromatic N) is 3. The minimum absolute atomic E-state index is 0.199. The van der Waals surface area contributed by atoms with Crippen molar-refractivity contribution in [3.8, 4) is 0 Å². The van der Waals surface area contributed by atoms with Gasteiger partial charge in [0.05, 0.1) is 30.1 Å². The molecule has 1 atom stereocenters. The van der Waals surface area contributed by atoms with Crippen LogP contribution < -0.4 is 10.2 Å². The zero-order valence-electron chi connectivity index (χ0n) is 16.9. The van der Waals surface area contributed by atoms with Crippen LogP contribution >= 0.6 is 0 Å². The molecule has 4 rings (SSSR count). The number of nitrogens with one attached hydrogen (secondary N) is 1. The summed E-state index contributed by atoms with van der Waals surface area (Å²) in [7, 11) is 0. The number of carbonyl (C=O) groups is 1. The van der Waals surface area contributed by atoms with E-state index >= 15 is 0 Å². The highest BCUT2D eigenvalue weighted by Crippen LogP contribution is 2.37. The highest BCUT2D eigenvalue weighted by Gasteiger charge is 2.29. The molecule has 2 N–H and O–H groups in total. The molecule has 2 aromatic heterocycles. The third kappa shape index (κ3) is 3.75. The smallest absolute Gasteiger partial charge is 0.270 e. The lowest BCUT2D eigenvalue weighted by Gasteiger charge is -2.28. The number of anilines is 1. The number of imidazole rings is 1. The topological polar surface area (TPSA) is 69.9 Å². The van der Waals surface area contributed by atoms with E-state index in [1.54, 1.807) is 30.5 Å². The van der Waals surface area contributed by atoms with Gasteiger partial charge in [0.2, 0.25) is 0 Å². The molecule has 1 amide bonds. The van der Waals surface area contributed by atoms with Gasteiger partial charge in [-0.15, -0.1) is 0 Å². The van der Waals surface area contributed by atoms with Crippen LogP contribution in [0.1, 0.15) is 48.8 Å². The molecular weight excluding hydrogens is 390 g/mol. The monoisotopic (exact) mass is 414 g/mol. The highest BCUT2D eigenvalue weighted by atomic mass is 19.1. The van der Waals surface area contributed by atoms with Gasteiger partial charge in [0.25, 0.3) is 5.91 Å². The van der Waals surface area contributed by atoms with E-state index in [-0.39, 0.29) is 18.6 Å². The summed E-state index contributed by atoms with van der Waals surface area (Å²) < 4.78 is 29.8. The molecule has 0 aliphatic carbocycles. The van der Waals surface area contributed by atoms with E-state index < -0.39 is 17.2 Å². The maximum absolute atomic E-state index is 14.4. The fourth-order valence-electron chi connectivity index (χ4n) is 3.89. The van der Waals surface area contributed by atoms with E-state index in [4.69, 9.17) is 0 Å². The standard InChI is InChI=1S/C22H24F2N4O2/c1-22(2,13-29)26-21(30)19-11-25-20-8-6-15(12-28(19)20)27-9-3-4-18(27)16-10-14(23)5-7-17(16)24/h5-8,10-12,18,29H,3-4,9,13H2,1-2H3,(H,26,30). The molecule has 1 fully saturated rings. The highest BCUT2D eigenvalue weighted by molar-refractivity contribution is 5.93. The van der Waals surface area contributed by atoms with Crippen LogP contribution in [0, 0.1) is 11.6 Å². The number of aliphatic hydroxyl groups is 1. The Bertz CT molecular complexity index is 1100. The summed E-state index contributed by atoms with van der Waals surface area (Å²) in [5.41, 5.74) is 1.29. The van der Waals surface area contributed by atoms with Crippen molar-refractivity contribution in [2.45, 2.75) is 38.3 Å². The van der Waals surface area contributed by atoms with Crippen molar-refractivity contribution in [2.24, 2.45) is 0 Å². The molecule has 158 valence electrons. The summed E-state index contributed by atoms with van der Waals surface area (Å²) in [4.78, 5) is 19.0. The zero-order chi connectivity index (χ0) is 21.5. The molecule has 1 unspecified atom stereocenters. The molecule has 1 aliphatic heterocycles. The van der Waals surface area contributed by atoms with Gasteiger partial charge in [-0.05, 0) is 57.0 Å². The fraction of sp³-hybridized carbons (Fsp3) is 0.364. The van der Waals surface area contributed by atoms with Crippen LogP contribution in [0.15, 0.2) is 42.7 Å². The number of rotatable bonds is 5. The van der Waals surface area contributed by atoms with Crippen LogP contribution in [-0.4, -0.2) is 39.1 Å². The maximum atomic E-state index is 14.4. The average molecular weight is 414 g/mol. The van der Waals surface area contributed by atoms with Crippen molar-refractivity contribution >= 4 is 17.2 Å². The van der Waals surface area contributed by atoms with Gasteiger partial charge in [-0.25, -0.2) is 13.8 Å². The van der Waals surface area contributed by atoms with Crippen molar-refractivity contribution in [1.29, 1.82) is 0 Å². The number of aromatic nitrogens is 2. The van der Waals surface area contributed by atoms with Crippen molar-refractivity contribution in [3.05, 3.63) is 65.6 Å². The van der Waals surface area contributed by atoms with Crippen molar-refractivity contribution in [1.82, 2.24) is 14.7 Å². The van der Waals surface area contributed by atoms with Gasteiger partial charge in [0.15, 0.2) is 0 Å². The first kappa shape index (κ1) is 20.3. The third-order valence-corrected chi connectivity index (χ3v) is 5.47. The van der Waals surface area contributed by atoms with Crippen molar-refractivity contribution in [3.63, 3.8) is 0 Å². The number of carbonyl (C=O) groups excluding carboxylic acids is 1. The lowest BCUT2D eigenvalue weighted by molar-refractivity contribution is 0.0863. The number of halogens is 2. The molecular formula is C22H24F2N4O2. The molecule has 0 bridgehead atoms. The summed E-state index contributed by atoms with van der Waals surface area (Å²) in [5, 5.41) is 12.2. The zero-order valence-corrected chi connectivity index (χ0v) is 16.9. The number of amides is 1. The quantitative estimate of drug-likeness (QED) is 0.671. The van der Waals surface area contributed by atoms with E-state index in [0.29, 0.717) is 29.9 Å². The van der Waals surface area contributed by atoms with Gasteiger partial charge in [0.1, 0.15) is 23.0 Å². The second-order valence-electron chi connectivity index (χ2n) is 8.27. The Kier molecular flexibility index (Phi) is 5.19. The summed E-state index contributed by atoms with van der Waals surface area (Å²) in [6.45, 7) is 3.94. The molecule has 0 spiro atoms. The van der Waals surface area contributed by atoms with Crippen LogP contribution in [0.5, 0.6) is 0 Å². The SMILES string of the molecule is CC(C)(CO)NC(=O)c1cnc2ccc(N3CCCC3c3cc(F)ccc3F)cn12. The molecule has 30 heavy (non-hydrogen) atoms. The third-order valence-electron chi connectivity index (χ3n) is 5.47. The normalized spacial score (nSPS) is 17.0. The van der Waals surface area contributed by atoms with Crippen LogP contribution in [0.2, 0.25) is 0 Å². The van der Waals surface area contributed by atoms with E-state index in [9.17, 15) is 18.7 Å². The van der Waals surface area contributed by atoms with Crippen LogP contribution in [-0.2, 0) is 0 Å². The van der Waals surface area contributed by atoms with Crippen molar-refractivity contribution in [2.75, 3.05) is 18.1 Å². The number of pyridine rings is 1. The van der Waals surface area contributed by atoms with Gasteiger partial charge in [-0.2, -0.15) is 0 Å². The van der Waals surface area contributed by atoms with Gasteiger partial charge < -0.3 is 15.3 Å². The van der Waals surface area contributed by atoms with E-state index in [1.807, 2.05) is 11.0 Å². The molecule has 0 radical (unpaired) electrons. The number of fused-ring (bicyclic) bond motifs is 1. The number of hydrogen-bond acceptors (Lipinski definition) is 4. The van der Waals surface area contributed by atoms with E-state index in [2.05, 4.69) is 10.3 Å². The Hall–Kier alpha value is -3.00. The van der Waals surface area contributed by atoms with Crippen LogP contribution in [0.4, 0.5) is 14.5 Å². The summed E-state index contributed by atoms with van der Waals surface area (Å²) in [6, 6.07) is 6.91. The predicted octanol–water partition coefficient (Wildman–Crippen LogP) is 3.45. The Labute approximate surface area is 173 Å². The van der Waals surface area contributed by atoms with Gasteiger partial charge in [0, 0.05) is 18.3 Å². The summed E-state index contributed by atoms with van der Waals surface area (Å²) in [6.07, 6.45) is 4.83. The molecule has 1 aromatic carbocycles. The first-order valence-corrected chi connectivity index (χ1v) is 9.91. The number of hydrogen-bond donors (Lipinski definition) is 2. The second kappa shape index (κ2) is 7.68. The largest absolute Gasteiger partial charge is 0.394 e. The molecule has 3 aromatic rings. The van der Waals surface area contributed by atoms with Gasteiger partial charge in [-0.3, -0.25) is 9.20 Å². The molecule has 8 heteroatoms. The van der Waals surface area contributed by atoms with E-state index in [0.717, 1.165) is 24.2 Å². The Morgan fingerprint density at radius 1 is 1.30 bits per heavy atom. The van der Waals surface area contributed by atoms with Crippen molar-refractivity contribution < 1.29 is 18.7 Å². The molecule has 0 saturated carbocycles. The summed E-state index contributed by atoms with van der Waals surface area (Å²) >= 11 is 0. The molecule has 1 aliphatic rings. The van der Waals surface area contributed by atoms with E-state index in [1.165, 1.54) is 12.3 Å². The van der Waals surface area contributed by atoms with Crippen LogP contribution in [0.3, 0.4) is 0 Å². The lowest BCUT2D eigenvalue weighted by Crippen LogP contribution is -2.46. The maximum Gasteiger partial charge on any atom is 0.270 e. The molecule has 6 nitrogen and oxygen atoms in total. The van der Waals surface area contributed by atoms with Crippen LogP contribution in [0.25, 0.3) is 5.65 Å². The Balaban J connectivity index is 1.69. The fourth-order valence-corrected chi connectivity index (χ4v) is 3.89. The molecule has 1 saturated heterocycles. The number of benzene rings is 1. The van der Waals surface area contributed by atoms with Gasteiger partial charge >= 0.3 is 0 Å². The minimum Gasteiger partial charge on any atom is -0.394 e.